The Morgan fingerprint density at radius 3 is 2.95 bits per heavy atom. The minimum absolute atomic E-state index is 0.0316. The maximum atomic E-state index is 12.0. The Balaban J connectivity index is 1.58. The fourth-order valence-corrected chi connectivity index (χ4v) is 2.51. The molecule has 1 amide bonds. The number of hydrogen-bond acceptors (Lipinski definition) is 2. The van der Waals surface area contributed by atoms with Crippen molar-refractivity contribution in [2.45, 2.75) is 25.8 Å². The van der Waals surface area contributed by atoms with Gasteiger partial charge in [-0.2, -0.15) is 0 Å². The largest absolute Gasteiger partial charge is 0.467 e. The first kappa shape index (κ1) is 13.5. The molecule has 21 heavy (non-hydrogen) atoms. The predicted octanol–water partition coefficient (Wildman–Crippen LogP) is 3.57. The van der Waals surface area contributed by atoms with E-state index in [9.17, 15) is 4.79 Å². The maximum Gasteiger partial charge on any atom is 0.220 e. The lowest BCUT2D eigenvalue weighted by atomic mass is 10.1. The van der Waals surface area contributed by atoms with E-state index in [4.69, 9.17) is 4.42 Å². The normalized spacial score (nSPS) is 12.4. The third-order valence-corrected chi connectivity index (χ3v) is 3.64. The highest BCUT2D eigenvalue weighted by Crippen LogP contribution is 2.19. The van der Waals surface area contributed by atoms with Crippen molar-refractivity contribution in [3.63, 3.8) is 0 Å². The van der Waals surface area contributed by atoms with E-state index in [0.29, 0.717) is 6.42 Å². The van der Waals surface area contributed by atoms with Crippen LogP contribution >= 0.6 is 0 Å². The summed E-state index contributed by atoms with van der Waals surface area (Å²) >= 11 is 0. The molecule has 0 spiro atoms. The molecular formula is C17H18N2O2. The molecule has 3 rings (SSSR count). The minimum atomic E-state index is -0.101. The van der Waals surface area contributed by atoms with E-state index in [2.05, 4.69) is 16.4 Å². The molecule has 4 heteroatoms. The van der Waals surface area contributed by atoms with Gasteiger partial charge in [0.25, 0.3) is 0 Å². The van der Waals surface area contributed by atoms with Gasteiger partial charge in [-0.25, -0.2) is 0 Å². The van der Waals surface area contributed by atoms with Crippen molar-refractivity contribution < 1.29 is 9.21 Å². The van der Waals surface area contributed by atoms with Gasteiger partial charge in [-0.15, -0.1) is 0 Å². The Hall–Kier alpha value is -2.49. The number of H-pyrrole nitrogens is 1. The van der Waals surface area contributed by atoms with Crippen molar-refractivity contribution in [3.05, 3.63) is 60.2 Å². The molecule has 0 fully saturated rings. The summed E-state index contributed by atoms with van der Waals surface area (Å²) in [5, 5.41) is 4.13. The molecule has 1 atom stereocenters. The molecule has 0 aliphatic heterocycles. The van der Waals surface area contributed by atoms with E-state index in [1.165, 1.54) is 10.9 Å². The summed E-state index contributed by atoms with van der Waals surface area (Å²) in [6.07, 6.45) is 4.78. The van der Waals surface area contributed by atoms with Crippen LogP contribution in [0.4, 0.5) is 0 Å². The van der Waals surface area contributed by atoms with Crippen LogP contribution in [-0.4, -0.2) is 10.9 Å². The minimum Gasteiger partial charge on any atom is -0.467 e. The third-order valence-electron chi connectivity index (χ3n) is 3.64. The van der Waals surface area contributed by atoms with Crippen molar-refractivity contribution in [1.29, 1.82) is 0 Å². The van der Waals surface area contributed by atoms with Gasteiger partial charge in [-0.05, 0) is 37.1 Å². The highest BCUT2D eigenvalue weighted by Gasteiger charge is 2.12. The third kappa shape index (κ3) is 2.99. The number of carbonyl (C=O) groups excluding carboxylic acids is 1. The van der Waals surface area contributed by atoms with Gasteiger partial charge < -0.3 is 14.7 Å². The van der Waals surface area contributed by atoms with E-state index in [1.807, 2.05) is 43.5 Å². The molecule has 2 aromatic heterocycles. The van der Waals surface area contributed by atoms with Gasteiger partial charge in [-0.3, -0.25) is 4.79 Å². The monoisotopic (exact) mass is 282 g/mol. The standard InChI is InChI=1S/C17H18N2O2/c1-12(16-7-4-10-21-16)19-17(20)9-8-13-11-18-15-6-3-2-5-14(13)15/h2-7,10-12,18H,8-9H2,1H3,(H,19,20). The van der Waals surface area contributed by atoms with Crippen LogP contribution in [0.5, 0.6) is 0 Å². The van der Waals surface area contributed by atoms with Crippen LogP contribution in [0.25, 0.3) is 10.9 Å². The van der Waals surface area contributed by atoms with Crippen LogP contribution < -0.4 is 5.32 Å². The lowest BCUT2D eigenvalue weighted by Gasteiger charge is -2.11. The Morgan fingerprint density at radius 2 is 2.14 bits per heavy atom. The van der Waals surface area contributed by atoms with Crippen molar-refractivity contribution in [2.75, 3.05) is 0 Å². The summed E-state index contributed by atoms with van der Waals surface area (Å²) in [7, 11) is 0. The topological polar surface area (TPSA) is 58.0 Å². The van der Waals surface area contributed by atoms with Gasteiger partial charge in [-0.1, -0.05) is 18.2 Å². The lowest BCUT2D eigenvalue weighted by Crippen LogP contribution is -2.26. The van der Waals surface area contributed by atoms with E-state index in [-0.39, 0.29) is 11.9 Å². The molecule has 4 nitrogen and oxygen atoms in total. The molecule has 0 radical (unpaired) electrons. The first-order valence-electron chi connectivity index (χ1n) is 7.12. The van der Waals surface area contributed by atoms with E-state index in [0.717, 1.165) is 17.7 Å². The van der Waals surface area contributed by atoms with Crippen molar-refractivity contribution >= 4 is 16.8 Å². The molecule has 0 bridgehead atoms. The molecule has 2 N–H and O–H groups in total. The first-order chi connectivity index (χ1) is 10.2. The first-order valence-corrected chi connectivity index (χ1v) is 7.12. The molecular weight excluding hydrogens is 264 g/mol. The van der Waals surface area contributed by atoms with Crippen LogP contribution in [0.15, 0.2) is 53.3 Å². The summed E-state index contributed by atoms with van der Waals surface area (Å²) < 4.78 is 5.28. The zero-order valence-electron chi connectivity index (χ0n) is 11.9. The number of hydrogen-bond donors (Lipinski definition) is 2. The van der Waals surface area contributed by atoms with E-state index in [1.54, 1.807) is 6.26 Å². The molecule has 0 saturated carbocycles. The van der Waals surface area contributed by atoms with Gasteiger partial charge in [0.1, 0.15) is 5.76 Å². The Morgan fingerprint density at radius 1 is 1.29 bits per heavy atom. The van der Waals surface area contributed by atoms with Gasteiger partial charge in [0.05, 0.1) is 12.3 Å². The molecule has 0 saturated heterocycles. The SMILES string of the molecule is CC(NC(=O)CCc1c[nH]c2ccccc12)c1ccco1. The molecule has 0 aliphatic carbocycles. The number of rotatable bonds is 5. The number of amides is 1. The van der Waals surface area contributed by atoms with E-state index < -0.39 is 0 Å². The van der Waals surface area contributed by atoms with Crippen molar-refractivity contribution in [2.24, 2.45) is 0 Å². The predicted molar refractivity (Wildman–Crippen MR) is 81.9 cm³/mol. The smallest absolute Gasteiger partial charge is 0.220 e. The Kier molecular flexibility index (Phi) is 3.77. The quantitative estimate of drug-likeness (QED) is 0.751. The summed E-state index contributed by atoms with van der Waals surface area (Å²) in [5.74, 6) is 0.805. The molecule has 2 heterocycles. The number of furan rings is 1. The summed E-state index contributed by atoms with van der Waals surface area (Å²) in [6, 6.07) is 11.7. The molecule has 1 unspecified atom stereocenters. The zero-order chi connectivity index (χ0) is 14.7. The number of aromatic nitrogens is 1. The van der Waals surface area contributed by atoms with Crippen LogP contribution in [0.1, 0.15) is 30.7 Å². The lowest BCUT2D eigenvalue weighted by molar-refractivity contribution is -0.121. The zero-order valence-corrected chi connectivity index (χ0v) is 11.9. The van der Waals surface area contributed by atoms with Gasteiger partial charge in [0, 0.05) is 23.5 Å². The Bertz CT molecular complexity index is 728. The average molecular weight is 282 g/mol. The summed E-state index contributed by atoms with van der Waals surface area (Å²) in [4.78, 5) is 15.2. The summed E-state index contributed by atoms with van der Waals surface area (Å²) in [5.41, 5.74) is 2.28. The number of aromatic amines is 1. The van der Waals surface area contributed by atoms with E-state index >= 15 is 0 Å². The average Bonchev–Trinajstić information content (AvgIpc) is 3.15. The van der Waals surface area contributed by atoms with Gasteiger partial charge in [0.2, 0.25) is 5.91 Å². The molecule has 1 aromatic carbocycles. The fourth-order valence-electron chi connectivity index (χ4n) is 2.51. The number of fused-ring (bicyclic) bond motifs is 1. The second-order valence-electron chi connectivity index (χ2n) is 5.16. The number of benzene rings is 1. The Labute approximate surface area is 123 Å². The van der Waals surface area contributed by atoms with Crippen molar-refractivity contribution in [3.8, 4) is 0 Å². The summed E-state index contributed by atoms with van der Waals surface area (Å²) in [6.45, 7) is 1.92. The molecule has 3 aromatic rings. The number of nitrogens with one attached hydrogen (secondary N) is 2. The van der Waals surface area contributed by atoms with Gasteiger partial charge in [0.15, 0.2) is 0 Å². The molecule has 0 aliphatic rings. The van der Waals surface area contributed by atoms with Crippen LogP contribution in [0, 0.1) is 0 Å². The van der Waals surface area contributed by atoms with Crippen LogP contribution in [0.3, 0.4) is 0 Å². The second kappa shape index (κ2) is 5.87. The second-order valence-corrected chi connectivity index (χ2v) is 5.16. The highest BCUT2D eigenvalue weighted by molar-refractivity contribution is 5.84. The van der Waals surface area contributed by atoms with Crippen molar-refractivity contribution in [1.82, 2.24) is 10.3 Å². The van der Waals surface area contributed by atoms with Crippen LogP contribution in [0.2, 0.25) is 0 Å². The maximum absolute atomic E-state index is 12.0. The highest BCUT2D eigenvalue weighted by atomic mass is 16.3. The number of aryl methyl sites for hydroxylation is 1. The molecule has 108 valence electrons. The van der Waals surface area contributed by atoms with Gasteiger partial charge >= 0.3 is 0 Å². The fraction of sp³-hybridized carbons (Fsp3) is 0.235. The number of carbonyl (C=O) groups is 1. The number of para-hydroxylation sites is 1. The van der Waals surface area contributed by atoms with Crippen LogP contribution in [-0.2, 0) is 11.2 Å².